The highest BCUT2D eigenvalue weighted by molar-refractivity contribution is 6.39. The first-order chi connectivity index (χ1) is 13.0. The third-order valence-corrected chi connectivity index (χ3v) is 4.60. The number of H-pyrrole nitrogens is 1. The van der Waals surface area contributed by atoms with Crippen molar-refractivity contribution in [3.05, 3.63) is 87.9 Å². The van der Waals surface area contributed by atoms with Crippen LogP contribution < -0.4 is 4.74 Å². The molecule has 0 radical (unpaired) electrons. The molecule has 0 aliphatic carbocycles. The van der Waals surface area contributed by atoms with Gasteiger partial charge in [-0.15, -0.1) is 0 Å². The Labute approximate surface area is 163 Å². The van der Waals surface area contributed by atoms with E-state index >= 15 is 0 Å². The lowest BCUT2D eigenvalue weighted by Crippen LogP contribution is -2.05. The molecule has 27 heavy (non-hydrogen) atoms. The van der Waals surface area contributed by atoms with Gasteiger partial charge in [-0.25, -0.2) is 9.37 Å². The lowest BCUT2D eigenvalue weighted by atomic mass is 10.0. The fourth-order valence-electron chi connectivity index (χ4n) is 2.78. The third kappa shape index (κ3) is 3.27. The molecular formula is C20H11Cl2FN2O2. The zero-order valence-electron chi connectivity index (χ0n) is 13.7. The van der Waals surface area contributed by atoms with Gasteiger partial charge in [0.05, 0.1) is 21.2 Å². The fraction of sp³-hybridized carbons (Fsp3) is 0. The van der Waals surface area contributed by atoms with Crippen molar-refractivity contribution < 1.29 is 13.9 Å². The summed E-state index contributed by atoms with van der Waals surface area (Å²) in [4.78, 5) is 19.9. The van der Waals surface area contributed by atoms with Gasteiger partial charge in [0.1, 0.15) is 23.0 Å². The highest BCUT2D eigenvalue weighted by atomic mass is 35.5. The normalized spacial score (nSPS) is 10.9. The van der Waals surface area contributed by atoms with Crippen LogP contribution in [0.1, 0.15) is 15.9 Å². The van der Waals surface area contributed by atoms with E-state index in [1.54, 1.807) is 30.3 Å². The molecule has 2 aromatic heterocycles. The molecule has 0 saturated heterocycles. The van der Waals surface area contributed by atoms with Gasteiger partial charge in [0.15, 0.2) is 5.78 Å². The van der Waals surface area contributed by atoms with E-state index in [2.05, 4.69) is 9.97 Å². The predicted octanol–water partition coefficient (Wildman–Crippen LogP) is 6.03. The Morgan fingerprint density at radius 2 is 1.81 bits per heavy atom. The van der Waals surface area contributed by atoms with Gasteiger partial charge in [-0.2, -0.15) is 0 Å². The number of ether oxygens (including phenoxy) is 1. The predicted molar refractivity (Wildman–Crippen MR) is 102 cm³/mol. The maximum Gasteiger partial charge on any atom is 0.199 e. The summed E-state index contributed by atoms with van der Waals surface area (Å²) in [7, 11) is 0. The molecule has 0 saturated carbocycles. The highest BCUT2D eigenvalue weighted by Gasteiger charge is 2.23. The van der Waals surface area contributed by atoms with E-state index < -0.39 is 11.6 Å². The average Bonchev–Trinajstić information content (AvgIpc) is 3.07. The van der Waals surface area contributed by atoms with E-state index in [-0.39, 0.29) is 21.9 Å². The Hall–Kier alpha value is -2.89. The van der Waals surface area contributed by atoms with E-state index in [4.69, 9.17) is 27.9 Å². The summed E-state index contributed by atoms with van der Waals surface area (Å²) in [5.41, 5.74) is 0.380. The van der Waals surface area contributed by atoms with E-state index in [1.807, 2.05) is 6.07 Å². The molecule has 0 spiro atoms. The molecule has 0 atom stereocenters. The minimum absolute atomic E-state index is 0.0553. The number of nitrogens with zero attached hydrogens (tertiary/aromatic N) is 1. The highest BCUT2D eigenvalue weighted by Crippen LogP contribution is 2.33. The number of pyridine rings is 1. The van der Waals surface area contributed by atoms with Crippen LogP contribution >= 0.6 is 23.2 Å². The van der Waals surface area contributed by atoms with Gasteiger partial charge in [0.2, 0.25) is 0 Å². The van der Waals surface area contributed by atoms with Crippen molar-refractivity contribution in [2.75, 3.05) is 0 Å². The van der Waals surface area contributed by atoms with Gasteiger partial charge in [-0.1, -0.05) is 41.4 Å². The van der Waals surface area contributed by atoms with Crippen molar-refractivity contribution >= 4 is 40.0 Å². The minimum atomic E-state index is -0.784. The van der Waals surface area contributed by atoms with Gasteiger partial charge in [-0.05, 0) is 18.2 Å². The molecule has 4 aromatic rings. The van der Waals surface area contributed by atoms with Crippen LogP contribution in [0.3, 0.4) is 0 Å². The lowest BCUT2D eigenvalue weighted by molar-refractivity contribution is 0.103. The number of carbonyl (C=O) groups is 1. The van der Waals surface area contributed by atoms with Gasteiger partial charge in [0.25, 0.3) is 0 Å². The SMILES string of the molecule is O=C(c1c(F)cc(Oc2ccccc2)cc1Cl)c1c[nH]c2nccc(Cl)c12. The summed E-state index contributed by atoms with van der Waals surface area (Å²) in [6.07, 6.45) is 2.95. The summed E-state index contributed by atoms with van der Waals surface area (Å²) >= 11 is 12.4. The lowest BCUT2D eigenvalue weighted by Gasteiger charge is -2.10. The van der Waals surface area contributed by atoms with E-state index in [1.165, 1.54) is 18.5 Å². The molecule has 134 valence electrons. The van der Waals surface area contributed by atoms with Crippen LogP contribution in [0.25, 0.3) is 11.0 Å². The first kappa shape index (κ1) is 17.5. The van der Waals surface area contributed by atoms with Crippen molar-refractivity contribution in [2.45, 2.75) is 0 Å². The zero-order valence-corrected chi connectivity index (χ0v) is 15.2. The maximum atomic E-state index is 14.7. The van der Waals surface area contributed by atoms with Crippen LogP contribution in [0, 0.1) is 5.82 Å². The minimum Gasteiger partial charge on any atom is -0.457 e. The second-order valence-corrected chi connectivity index (χ2v) is 6.54. The molecule has 0 fully saturated rings. The summed E-state index contributed by atoms with van der Waals surface area (Å²) in [5.74, 6) is -0.655. The van der Waals surface area contributed by atoms with Gasteiger partial charge in [-0.3, -0.25) is 4.79 Å². The number of hydrogen-bond acceptors (Lipinski definition) is 3. The van der Waals surface area contributed by atoms with Crippen molar-refractivity contribution in [1.29, 1.82) is 0 Å². The molecule has 2 aromatic carbocycles. The number of rotatable bonds is 4. The van der Waals surface area contributed by atoms with Crippen LogP contribution in [0.4, 0.5) is 4.39 Å². The third-order valence-electron chi connectivity index (χ3n) is 3.99. The van der Waals surface area contributed by atoms with Gasteiger partial charge >= 0.3 is 0 Å². The molecule has 0 bridgehead atoms. The molecule has 4 nitrogen and oxygen atoms in total. The number of halogens is 3. The maximum absolute atomic E-state index is 14.7. The van der Waals surface area contributed by atoms with E-state index in [0.29, 0.717) is 21.8 Å². The van der Waals surface area contributed by atoms with Crippen LogP contribution in [0.15, 0.2) is 60.9 Å². The molecule has 2 heterocycles. The Morgan fingerprint density at radius 1 is 1.04 bits per heavy atom. The summed E-state index contributed by atoms with van der Waals surface area (Å²) in [5, 5.41) is 0.703. The van der Waals surface area contributed by atoms with Crippen molar-refractivity contribution in [3.8, 4) is 11.5 Å². The molecular weight excluding hydrogens is 390 g/mol. The molecule has 4 rings (SSSR count). The number of carbonyl (C=O) groups excluding carboxylic acids is 1. The van der Waals surface area contributed by atoms with E-state index in [0.717, 1.165) is 6.07 Å². The van der Waals surface area contributed by atoms with Crippen molar-refractivity contribution in [3.63, 3.8) is 0 Å². The second-order valence-electron chi connectivity index (χ2n) is 5.72. The average molecular weight is 401 g/mol. The Balaban J connectivity index is 1.74. The summed E-state index contributed by atoms with van der Waals surface area (Å²) < 4.78 is 20.3. The fourth-order valence-corrected chi connectivity index (χ4v) is 3.31. The Morgan fingerprint density at radius 3 is 2.56 bits per heavy atom. The molecule has 7 heteroatoms. The summed E-state index contributed by atoms with van der Waals surface area (Å²) in [6.45, 7) is 0. The van der Waals surface area contributed by atoms with Crippen molar-refractivity contribution in [1.82, 2.24) is 9.97 Å². The van der Waals surface area contributed by atoms with Crippen LogP contribution in [0.2, 0.25) is 10.0 Å². The number of benzene rings is 2. The monoisotopic (exact) mass is 400 g/mol. The van der Waals surface area contributed by atoms with Crippen LogP contribution in [-0.2, 0) is 0 Å². The second kappa shape index (κ2) is 7.02. The number of fused-ring (bicyclic) bond motifs is 1. The smallest absolute Gasteiger partial charge is 0.199 e. The first-order valence-corrected chi connectivity index (χ1v) is 8.68. The number of aromatic amines is 1. The molecule has 0 aliphatic heterocycles. The standard InChI is InChI=1S/C20H11Cl2FN2O2/c21-14-6-7-24-20-17(14)13(10-25-20)19(26)18-15(22)8-12(9-16(18)23)27-11-4-2-1-3-5-11/h1-10H,(H,24,25). The number of nitrogens with one attached hydrogen (secondary N) is 1. The topological polar surface area (TPSA) is 55.0 Å². The number of hydrogen-bond donors (Lipinski definition) is 1. The van der Waals surface area contributed by atoms with Crippen molar-refractivity contribution in [2.24, 2.45) is 0 Å². The van der Waals surface area contributed by atoms with Gasteiger partial charge < -0.3 is 9.72 Å². The summed E-state index contributed by atoms with van der Waals surface area (Å²) in [6, 6.07) is 13.0. The molecule has 0 aliphatic rings. The first-order valence-electron chi connectivity index (χ1n) is 7.93. The number of para-hydroxylation sites is 1. The van der Waals surface area contributed by atoms with Crippen LogP contribution in [0.5, 0.6) is 11.5 Å². The molecule has 0 unspecified atom stereocenters. The number of aromatic nitrogens is 2. The molecule has 0 amide bonds. The quantitative estimate of drug-likeness (QED) is 0.425. The van der Waals surface area contributed by atoms with Gasteiger partial charge in [0, 0.05) is 29.9 Å². The van der Waals surface area contributed by atoms with Crippen LogP contribution in [-0.4, -0.2) is 15.8 Å². The number of ketones is 1. The Kier molecular flexibility index (Phi) is 4.56. The largest absolute Gasteiger partial charge is 0.457 e. The Bertz CT molecular complexity index is 1140. The zero-order chi connectivity index (χ0) is 19.0. The van der Waals surface area contributed by atoms with E-state index in [9.17, 15) is 9.18 Å². The molecule has 1 N–H and O–H groups in total.